The lowest BCUT2D eigenvalue weighted by molar-refractivity contribution is -0.139. The van der Waals surface area contributed by atoms with Gasteiger partial charge < -0.3 is 10.4 Å². The number of carbonyl (C=O) groups is 2. The van der Waals surface area contributed by atoms with Gasteiger partial charge in [-0.25, -0.2) is 13.9 Å². The van der Waals surface area contributed by atoms with Crippen LogP contribution in [0.5, 0.6) is 0 Å². The van der Waals surface area contributed by atoms with Gasteiger partial charge in [0.1, 0.15) is 5.82 Å². The van der Waals surface area contributed by atoms with Gasteiger partial charge in [-0.05, 0) is 37.0 Å². The maximum absolute atomic E-state index is 13.5. The SMILES string of the molecule is O=C(NC(C(=O)O)c1ccc(Cl)c(F)c1)c1cn(C2CCC2)nn1. The van der Waals surface area contributed by atoms with Crippen LogP contribution >= 0.6 is 11.6 Å². The number of amides is 1. The molecule has 1 fully saturated rings. The number of aromatic nitrogens is 3. The first-order valence-corrected chi connectivity index (χ1v) is 7.74. The minimum atomic E-state index is -1.42. The van der Waals surface area contributed by atoms with Crippen LogP contribution in [-0.2, 0) is 4.79 Å². The van der Waals surface area contributed by atoms with Gasteiger partial charge >= 0.3 is 5.97 Å². The molecule has 126 valence electrons. The standard InChI is InChI=1S/C15H14ClFN4O3/c16-10-5-4-8(6-11(10)17)13(15(23)24)18-14(22)12-7-21(20-19-12)9-2-1-3-9/h4-7,9,13H,1-3H2,(H,18,22)(H,23,24). The normalized spacial score (nSPS) is 15.6. The Morgan fingerprint density at radius 2 is 2.17 bits per heavy atom. The summed E-state index contributed by atoms with van der Waals surface area (Å²) in [5.41, 5.74) is 0.0896. The summed E-state index contributed by atoms with van der Waals surface area (Å²) < 4.78 is 15.1. The zero-order chi connectivity index (χ0) is 17.3. The predicted molar refractivity (Wildman–Crippen MR) is 82.2 cm³/mol. The molecule has 1 unspecified atom stereocenters. The summed E-state index contributed by atoms with van der Waals surface area (Å²) in [6, 6.07) is 2.38. The average Bonchev–Trinajstić information content (AvgIpc) is 2.95. The van der Waals surface area contributed by atoms with Crippen molar-refractivity contribution in [2.45, 2.75) is 31.3 Å². The number of carbonyl (C=O) groups excluding carboxylic acids is 1. The summed E-state index contributed by atoms with van der Waals surface area (Å²) in [7, 11) is 0. The van der Waals surface area contributed by atoms with Crippen molar-refractivity contribution in [1.82, 2.24) is 20.3 Å². The van der Waals surface area contributed by atoms with E-state index in [9.17, 15) is 19.1 Å². The fourth-order valence-corrected chi connectivity index (χ4v) is 2.51. The monoisotopic (exact) mass is 352 g/mol. The summed E-state index contributed by atoms with van der Waals surface area (Å²) in [5.74, 6) is -2.77. The van der Waals surface area contributed by atoms with Crippen LogP contribution in [0.15, 0.2) is 24.4 Å². The lowest BCUT2D eigenvalue weighted by Gasteiger charge is -2.24. The molecule has 24 heavy (non-hydrogen) atoms. The maximum atomic E-state index is 13.5. The molecule has 0 radical (unpaired) electrons. The van der Waals surface area contributed by atoms with Crippen molar-refractivity contribution in [3.63, 3.8) is 0 Å². The molecule has 1 aromatic carbocycles. The molecule has 1 atom stereocenters. The highest BCUT2D eigenvalue weighted by atomic mass is 35.5. The molecule has 9 heteroatoms. The third kappa shape index (κ3) is 3.23. The van der Waals surface area contributed by atoms with Gasteiger partial charge in [-0.1, -0.05) is 22.9 Å². The van der Waals surface area contributed by atoms with E-state index < -0.39 is 23.7 Å². The zero-order valence-electron chi connectivity index (χ0n) is 12.4. The molecule has 3 rings (SSSR count). The topological polar surface area (TPSA) is 97.1 Å². The Balaban J connectivity index is 1.77. The van der Waals surface area contributed by atoms with Crippen molar-refractivity contribution < 1.29 is 19.1 Å². The van der Waals surface area contributed by atoms with Crippen LogP contribution in [-0.4, -0.2) is 32.0 Å². The van der Waals surface area contributed by atoms with Crippen molar-refractivity contribution in [2.24, 2.45) is 0 Å². The van der Waals surface area contributed by atoms with Gasteiger partial charge in [0.25, 0.3) is 5.91 Å². The minimum Gasteiger partial charge on any atom is -0.479 e. The number of aliphatic carboxylic acids is 1. The Labute approximate surface area is 141 Å². The number of nitrogens with zero attached hydrogens (tertiary/aromatic N) is 3. The second-order valence-electron chi connectivity index (χ2n) is 5.59. The number of rotatable bonds is 5. The smallest absolute Gasteiger partial charge is 0.330 e. The molecular formula is C15H14ClFN4O3. The van der Waals surface area contributed by atoms with Crippen LogP contribution in [0.2, 0.25) is 5.02 Å². The van der Waals surface area contributed by atoms with E-state index >= 15 is 0 Å². The highest BCUT2D eigenvalue weighted by Crippen LogP contribution is 2.30. The van der Waals surface area contributed by atoms with E-state index in [1.54, 1.807) is 4.68 Å². The summed E-state index contributed by atoms with van der Waals surface area (Å²) in [6.45, 7) is 0. The van der Waals surface area contributed by atoms with Gasteiger partial charge in [0.2, 0.25) is 0 Å². The quantitative estimate of drug-likeness (QED) is 0.860. The molecule has 0 bridgehead atoms. The molecule has 1 aliphatic carbocycles. The van der Waals surface area contributed by atoms with E-state index in [0.29, 0.717) is 0 Å². The molecule has 0 saturated heterocycles. The third-order valence-electron chi connectivity index (χ3n) is 3.99. The summed E-state index contributed by atoms with van der Waals surface area (Å²) in [6.07, 6.45) is 4.55. The number of carboxylic acid groups (broad SMARTS) is 1. The first kappa shape index (κ1) is 16.4. The van der Waals surface area contributed by atoms with Gasteiger partial charge in [-0.2, -0.15) is 0 Å². The molecule has 0 spiro atoms. The fourth-order valence-electron chi connectivity index (χ4n) is 2.40. The van der Waals surface area contributed by atoms with Gasteiger partial charge in [-0.3, -0.25) is 4.79 Å². The van der Waals surface area contributed by atoms with Crippen molar-refractivity contribution in [3.05, 3.63) is 46.5 Å². The lowest BCUT2D eigenvalue weighted by Crippen LogP contribution is -2.34. The molecule has 7 nitrogen and oxygen atoms in total. The Kier molecular flexibility index (Phi) is 4.48. The highest BCUT2D eigenvalue weighted by Gasteiger charge is 2.26. The van der Waals surface area contributed by atoms with Crippen molar-refractivity contribution in [3.8, 4) is 0 Å². The second kappa shape index (κ2) is 6.56. The van der Waals surface area contributed by atoms with Crippen LogP contribution in [0, 0.1) is 5.82 Å². The molecule has 1 aliphatic rings. The molecule has 1 aromatic heterocycles. The first-order valence-electron chi connectivity index (χ1n) is 7.36. The Bertz CT molecular complexity index is 791. The average molecular weight is 353 g/mol. The van der Waals surface area contributed by atoms with Gasteiger partial charge in [-0.15, -0.1) is 5.10 Å². The minimum absolute atomic E-state index is 0.0163. The Morgan fingerprint density at radius 3 is 2.75 bits per heavy atom. The van der Waals surface area contributed by atoms with E-state index in [1.807, 2.05) is 0 Å². The van der Waals surface area contributed by atoms with Crippen LogP contribution in [0.3, 0.4) is 0 Å². The molecule has 0 aliphatic heterocycles. The van der Waals surface area contributed by atoms with Crippen LogP contribution in [0.25, 0.3) is 0 Å². The van der Waals surface area contributed by atoms with Crippen LogP contribution < -0.4 is 5.32 Å². The van der Waals surface area contributed by atoms with Gasteiger partial charge in [0.15, 0.2) is 11.7 Å². The van der Waals surface area contributed by atoms with Crippen molar-refractivity contribution >= 4 is 23.5 Å². The van der Waals surface area contributed by atoms with E-state index in [2.05, 4.69) is 15.6 Å². The Morgan fingerprint density at radius 1 is 1.42 bits per heavy atom. The summed E-state index contributed by atoms with van der Waals surface area (Å²) in [4.78, 5) is 23.6. The number of carboxylic acids is 1. The number of nitrogens with one attached hydrogen (secondary N) is 1. The number of hydrogen-bond donors (Lipinski definition) is 2. The molecular weight excluding hydrogens is 339 g/mol. The predicted octanol–water partition coefficient (Wildman–Crippen LogP) is 2.35. The van der Waals surface area contributed by atoms with E-state index in [-0.39, 0.29) is 22.3 Å². The van der Waals surface area contributed by atoms with Crippen molar-refractivity contribution in [2.75, 3.05) is 0 Å². The third-order valence-corrected chi connectivity index (χ3v) is 4.30. The fraction of sp³-hybridized carbons (Fsp3) is 0.333. The maximum Gasteiger partial charge on any atom is 0.330 e. The van der Waals surface area contributed by atoms with Crippen LogP contribution in [0.4, 0.5) is 4.39 Å². The summed E-state index contributed by atoms with van der Waals surface area (Å²) in [5, 5.41) is 19.2. The molecule has 2 N–H and O–H groups in total. The number of halogens is 2. The molecule has 1 heterocycles. The van der Waals surface area contributed by atoms with E-state index in [1.165, 1.54) is 18.3 Å². The lowest BCUT2D eigenvalue weighted by atomic mass is 9.93. The molecule has 1 amide bonds. The van der Waals surface area contributed by atoms with E-state index in [4.69, 9.17) is 11.6 Å². The molecule has 2 aromatic rings. The summed E-state index contributed by atoms with van der Waals surface area (Å²) >= 11 is 5.59. The van der Waals surface area contributed by atoms with E-state index in [0.717, 1.165) is 25.3 Å². The second-order valence-corrected chi connectivity index (χ2v) is 5.99. The van der Waals surface area contributed by atoms with Gasteiger partial charge in [0.05, 0.1) is 17.3 Å². The molecule has 1 saturated carbocycles. The van der Waals surface area contributed by atoms with Crippen LogP contribution in [0.1, 0.15) is 47.4 Å². The van der Waals surface area contributed by atoms with Crippen molar-refractivity contribution in [1.29, 1.82) is 0 Å². The highest BCUT2D eigenvalue weighted by molar-refractivity contribution is 6.30. The first-order chi connectivity index (χ1) is 11.5. The zero-order valence-corrected chi connectivity index (χ0v) is 13.2. The number of benzene rings is 1. The largest absolute Gasteiger partial charge is 0.479 e. The number of hydrogen-bond acceptors (Lipinski definition) is 4. The van der Waals surface area contributed by atoms with Gasteiger partial charge in [0, 0.05) is 0 Å². The Hall–Kier alpha value is -2.48.